The van der Waals surface area contributed by atoms with Gasteiger partial charge < -0.3 is 19.5 Å². The molecule has 6 nitrogen and oxygen atoms in total. The molecule has 1 aromatic carbocycles. The highest BCUT2D eigenvalue weighted by molar-refractivity contribution is 7.68. The maximum atomic E-state index is 13.2. The van der Waals surface area contributed by atoms with Crippen LogP contribution in [-0.2, 0) is 18.6 Å². The fraction of sp³-hybridized carbons (Fsp3) is 0.533. The van der Waals surface area contributed by atoms with E-state index in [-0.39, 0.29) is 26.2 Å². The van der Waals surface area contributed by atoms with Gasteiger partial charge in [0, 0.05) is 18.3 Å². The summed E-state index contributed by atoms with van der Waals surface area (Å²) in [6.07, 6.45) is 0.921. The predicted octanol–water partition coefficient (Wildman–Crippen LogP) is 1.30. The summed E-state index contributed by atoms with van der Waals surface area (Å²) in [5.74, 6) is -0.778. The Balaban J connectivity index is 3.02. The molecule has 0 radical (unpaired) electrons. The average Bonchev–Trinajstić information content (AvgIpc) is 2.54. The number of carbonyl (C=O) groups excluding carboxylic acids is 1. The summed E-state index contributed by atoms with van der Waals surface area (Å²) < 4.78 is 23.7. The van der Waals surface area contributed by atoms with Crippen molar-refractivity contribution < 1.29 is 28.8 Å². The van der Waals surface area contributed by atoms with E-state index in [0.717, 1.165) is 0 Å². The van der Waals surface area contributed by atoms with Gasteiger partial charge in [-0.2, -0.15) is 0 Å². The Labute approximate surface area is 130 Å². The van der Waals surface area contributed by atoms with Gasteiger partial charge in [-0.25, -0.2) is 0 Å². The van der Waals surface area contributed by atoms with Crippen LogP contribution >= 0.6 is 7.37 Å². The molecule has 0 aliphatic rings. The van der Waals surface area contributed by atoms with Crippen LogP contribution in [0.3, 0.4) is 0 Å². The maximum Gasteiger partial charge on any atom is 0.321 e. The Kier molecular flexibility index (Phi) is 8.35. The minimum atomic E-state index is -3.59. The van der Waals surface area contributed by atoms with Gasteiger partial charge in [-0.3, -0.25) is 9.36 Å². The van der Waals surface area contributed by atoms with Gasteiger partial charge in [-0.05, 0) is 18.6 Å². The van der Waals surface area contributed by atoms with Crippen molar-refractivity contribution in [2.45, 2.75) is 25.4 Å². The number of hydrogen-bond acceptors (Lipinski definition) is 6. The second-order valence-corrected chi connectivity index (χ2v) is 7.30. The SMILES string of the molecule is CCCOP(=O)(c1ccccc1)C(CO)C(=O)OCCCO. The van der Waals surface area contributed by atoms with E-state index in [1.165, 1.54) is 0 Å². The summed E-state index contributed by atoms with van der Waals surface area (Å²) in [5, 5.41) is 18.6. The normalized spacial score (nSPS) is 15.0. The molecule has 0 fully saturated rings. The van der Waals surface area contributed by atoms with Crippen LogP contribution in [0.15, 0.2) is 30.3 Å². The number of aliphatic hydroxyl groups excluding tert-OH is 2. The third kappa shape index (κ3) is 4.92. The predicted molar refractivity (Wildman–Crippen MR) is 83.5 cm³/mol. The number of ether oxygens (including phenoxy) is 1. The highest BCUT2D eigenvalue weighted by Crippen LogP contribution is 2.51. The first kappa shape index (κ1) is 18.8. The molecule has 0 heterocycles. The van der Waals surface area contributed by atoms with Crippen molar-refractivity contribution in [3.8, 4) is 0 Å². The number of benzene rings is 1. The maximum absolute atomic E-state index is 13.2. The zero-order valence-corrected chi connectivity index (χ0v) is 13.6. The second-order valence-electron chi connectivity index (χ2n) is 4.71. The van der Waals surface area contributed by atoms with E-state index < -0.39 is 25.6 Å². The minimum Gasteiger partial charge on any atom is -0.465 e. The van der Waals surface area contributed by atoms with Gasteiger partial charge in [0.2, 0.25) is 7.37 Å². The third-order valence-electron chi connectivity index (χ3n) is 3.01. The molecule has 0 aromatic heterocycles. The first-order valence-corrected chi connectivity index (χ1v) is 8.97. The molecule has 0 bridgehead atoms. The van der Waals surface area contributed by atoms with Crippen LogP contribution < -0.4 is 5.30 Å². The molecule has 22 heavy (non-hydrogen) atoms. The Morgan fingerprint density at radius 1 is 1.23 bits per heavy atom. The zero-order valence-electron chi connectivity index (χ0n) is 12.7. The number of aliphatic hydroxyl groups is 2. The molecule has 2 unspecified atom stereocenters. The van der Waals surface area contributed by atoms with Crippen LogP contribution in [0.4, 0.5) is 0 Å². The molecule has 1 aromatic rings. The van der Waals surface area contributed by atoms with Gasteiger partial charge in [-0.15, -0.1) is 0 Å². The first-order valence-electron chi connectivity index (χ1n) is 7.28. The van der Waals surface area contributed by atoms with Crippen molar-refractivity contribution in [2.24, 2.45) is 0 Å². The van der Waals surface area contributed by atoms with E-state index in [4.69, 9.17) is 14.4 Å². The lowest BCUT2D eigenvalue weighted by molar-refractivity contribution is -0.144. The number of carbonyl (C=O) groups is 1. The molecule has 2 atom stereocenters. The summed E-state index contributed by atoms with van der Waals surface area (Å²) in [6.45, 7) is 1.34. The van der Waals surface area contributed by atoms with Crippen LogP contribution in [-0.4, -0.2) is 48.3 Å². The molecular weight excluding hydrogens is 307 g/mol. The van der Waals surface area contributed by atoms with Gasteiger partial charge >= 0.3 is 5.97 Å². The molecule has 1 rings (SSSR count). The Hall–Kier alpha value is -1.20. The van der Waals surface area contributed by atoms with Gasteiger partial charge in [0.1, 0.15) is 0 Å². The fourth-order valence-corrected chi connectivity index (χ4v) is 4.16. The van der Waals surface area contributed by atoms with Crippen LogP contribution in [0.5, 0.6) is 0 Å². The van der Waals surface area contributed by atoms with E-state index in [1.54, 1.807) is 30.3 Å². The lowest BCUT2D eigenvalue weighted by Crippen LogP contribution is -2.32. The van der Waals surface area contributed by atoms with Gasteiger partial charge in [0.05, 0.1) is 19.8 Å². The number of esters is 1. The summed E-state index contributed by atoms with van der Waals surface area (Å²) >= 11 is 0. The third-order valence-corrected chi connectivity index (χ3v) is 5.78. The lowest BCUT2D eigenvalue weighted by Gasteiger charge is -2.25. The van der Waals surface area contributed by atoms with Crippen molar-refractivity contribution >= 4 is 18.6 Å². The van der Waals surface area contributed by atoms with Crippen LogP contribution in [0.1, 0.15) is 19.8 Å². The summed E-state index contributed by atoms with van der Waals surface area (Å²) in [4.78, 5) is 12.1. The van der Waals surface area contributed by atoms with Crippen molar-refractivity contribution in [1.82, 2.24) is 0 Å². The van der Waals surface area contributed by atoms with Gasteiger partial charge in [-0.1, -0.05) is 25.1 Å². The van der Waals surface area contributed by atoms with E-state index >= 15 is 0 Å². The molecule has 124 valence electrons. The van der Waals surface area contributed by atoms with Crippen LogP contribution in [0.2, 0.25) is 0 Å². The fourth-order valence-electron chi connectivity index (χ4n) is 1.86. The second kappa shape index (κ2) is 9.74. The monoisotopic (exact) mass is 330 g/mol. The summed E-state index contributed by atoms with van der Waals surface area (Å²) in [7, 11) is -3.59. The Morgan fingerprint density at radius 2 is 1.91 bits per heavy atom. The van der Waals surface area contributed by atoms with Crippen molar-refractivity contribution in [1.29, 1.82) is 0 Å². The largest absolute Gasteiger partial charge is 0.465 e. The van der Waals surface area contributed by atoms with Crippen LogP contribution in [0.25, 0.3) is 0 Å². The van der Waals surface area contributed by atoms with E-state index in [0.29, 0.717) is 11.7 Å². The van der Waals surface area contributed by atoms with Crippen molar-refractivity contribution in [3.05, 3.63) is 30.3 Å². The quantitative estimate of drug-likeness (QED) is 0.382. The van der Waals surface area contributed by atoms with Crippen molar-refractivity contribution in [2.75, 3.05) is 26.4 Å². The highest BCUT2D eigenvalue weighted by atomic mass is 31.2. The van der Waals surface area contributed by atoms with Crippen LogP contribution in [0, 0.1) is 0 Å². The lowest BCUT2D eigenvalue weighted by atomic mass is 10.4. The molecular formula is C15H23O6P. The number of rotatable bonds is 10. The Bertz CT molecular complexity index is 490. The Morgan fingerprint density at radius 3 is 2.45 bits per heavy atom. The highest BCUT2D eigenvalue weighted by Gasteiger charge is 2.42. The first-order chi connectivity index (χ1) is 10.6. The standard InChI is InChI=1S/C15H23O6P/c1-2-10-21-22(19,13-7-4-3-5-8-13)14(12-17)15(18)20-11-6-9-16/h3-5,7-8,14,16-17H,2,6,9-12H2,1H3. The molecule has 0 spiro atoms. The van der Waals surface area contributed by atoms with E-state index in [9.17, 15) is 14.5 Å². The molecule has 7 heteroatoms. The van der Waals surface area contributed by atoms with Gasteiger partial charge in [0.25, 0.3) is 0 Å². The molecule has 0 saturated carbocycles. The molecule has 0 saturated heterocycles. The molecule has 0 aliphatic heterocycles. The average molecular weight is 330 g/mol. The van der Waals surface area contributed by atoms with Crippen molar-refractivity contribution in [3.63, 3.8) is 0 Å². The summed E-state index contributed by atoms with van der Waals surface area (Å²) in [5.41, 5.74) is -1.26. The van der Waals surface area contributed by atoms with E-state index in [1.807, 2.05) is 6.92 Å². The minimum absolute atomic E-state index is 0.00833. The smallest absolute Gasteiger partial charge is 0.321 e. The molecule has 2 N–H and O–H groups in total. The topological polar surface area (TPSA) is 93.1 Å². The summed E-state index contributed by atoms with van der Waals surface area (Å²) in [6, 6.07) is 8.38. The van der Waals surface area contributed by atoms with E-state index in [2.05, 4.69) is 0 Å². The zero-order chi connectivity index (χ0) is 16.4. The van der Waals surface area contributed by atoms with Gasteiger partial charge in [0.15, 0.2) is 5.66 Å². The molecule has 0 amide bonds. The number of hydrogen-bond donors (Lipinski definition) is 2. The molecule has 0 aliphatic carbocycles.